The van der Waals surface area contributed by atoms with Gasteiger partial charge in [-0.15, -0.1) is 0 Å². The molecule has 74 valence electrons. The first-order valence-electron chi connectivity index (χ1n) is 5.08. The number of hydrogen-bond acceptors (Lipinski definition) is 0. The van der Waals surface area contributed by atoms with Crippen LogP contribution >= 0.6 is 0 Å². The summed E-state index contributed by atoms with van der Waals surface area (Å²) < 4.78 is 0. The van der Waals surface area contributed by atoms with Crippen molar-refractivity contribution >= 4 is 24.3 Å². The molecule has 0 unspecified atom stereocenters. The highest BCUT2D eigenvalue weighted by Crippen LogP contribution is 2.18. The molecule has 14 heavy (non-hydrogen) atoms. The second kappa shape index (κ2) is 2.99. The third-order valence-corrected chi connectivity index (χ3v) is 4.72. The summed E-state index contributed by atoms with van der Waals surface area (Å²) in [7, 11) is -1.22. The van der Waals surface area contributed by atoms with Crippen LogP contribution in [0.15, 0.2) is 24.3 Å². The van der Waals surface area contributed by atoms with Crippen LogP contribution in [0.1, 0.15) is 5.56 Å². The van der Waals surface area contributed by atoms with E-state index in [-0.39, 0.29) is 0 Å². The smallest absolute Gasteiger partial charge is 0.0985 e. The largest absolute Gasteiger partial charge is 0.362 e. The molecular weight excluding hydrogens is 186 g/mol. The Balaban J connectivity index is 2.75. The molecule has 0 aliphatic carbocycles. The number of benzene rings is 1. The number of rotatable bonds is 1. The summed E-state index contributed by atoms with van der Waals surface area (Å²) in [6.07, 6.45) is 0. The number of hydrogen-bond donors (Lipinski definition) is 1. The Labute approximate surface area is 86.2 Å². The van der Waals surface area contributed by atoms with Crippen LogP contribution in [-0.2, 0) is 0 Å². The second-order valence-corrected chi connectivity index (χ2v) is 9.92. The number of nitrogens with one attached hydrogen (secondary N) is 1. The van der Waals surface area contributed by atoms with Crippen LogP contribution in [0.5, 0.6) is 0 Å². The number of H-pyrrole nitrogens is 1. The van der Waals surface area contributed by atoms with Gasteiger partial charge in [0.1, 0.15) is 0 Å². The van der Waals surface area contributed by atoms with Gasteiger partial charge in [-0.25, -0.2) is 0 Å². The van der Waals surface area contributed by atoms with Gasteiger partial charge in [-0.1, -0.05) is 37.8 Å². The van der Waals surface area contributed by atoms with E-state index in [1.165, 1.54) is 21.8 Å². The molecule has 2 aromatic rings. The number of aromatic nitrogens is 1. The van der Waals surface area contributed by atoms with Gasteiger partial charge in [0, 0.05) is 16.2 Å². The molecule has 0 saturated heterocycles. The molecule has 2 heteroatoms. The first-order chi connectivity index (χ1) is 6.50. The van der Waals surface area contributed by atoms with Gasteiger partial charge in [-0.05, 0) is 18.6 Å². The Morgan fingerprint density at radius 3 is 2.29 bits per heavy atom. The van der Waals surface area contributed by atoms with E-state index in [4.69, 9.17) is 0 Å². The van der Waals surface area contributed by atoms with Crippen LogP contribution in [0.25, 0.3) is 10.9 Å². The lowest BCUT2D eigenvalue weighted by molar-refractivity contribution is 1.46. The highest BCUT2D eigenvalue weighted by atomic mass is 28.3. The average molecular weight is 203 g/mol. The minimum Gasteiger partial charge on any atom is -0.362 e. The van der Waals surface area contributed by atoms with Gasteiger partial charge >= 0.3 is 0 Å². The van der Waals surface area contributed by atoms with Crippen molar-refractivity contribution in [2.24, 2.45) is 0 Å². The zero-order valence-corrected chi connectivity index (χ0v) is 10.3. The fraction of sp³-hybridized carbons (Fsp3) is 0.333. The molecule has 2 rings (SSSR count). The average Bonchev–Trinajstić information content (AvgIpc) is 2.44. The van der Waals surface area contributed by atoms with Crippen molar-refractivity contribution in [3.05, 3.63) is 29.8 Å². The van der Waals surface area contributed by atoms with Crippen LogP contribution in [0.2, 0.25) is 19.6 Å². The Morgan fingerprint density at radius 2 is 1.71 bits per heavy atom. The van der Waals surface area contributed by atoms with Crippen LogP contribution < -0.4 is 5.32 Å². The molecule has 0 radical (unpaired) electrons. The Morgan fingerprint density at radius 1 is 1.07 bits per heavy atom. The van der Waals surface area contributed by atoms with E-state index in [1.54, 1.807) is 0 Å². The van der Waals surface area contributed by atoms with Crippen LogP contribution in [-0.4, -0.2) is 13.1 Å². The molecule has 0 aliphatic heterocycles. The predicted molar refractivity (Wildman–Crippen MR) is 66.0 cm³/mol. The molecule has 1 heterocycles. The quantitative estimate of drug-likeness (QED) is 0.686. The topological polar surface area (TPSA) is 15.8 Å². The Hall–Kier alpha value is -1.02. The first-order valence-corrected chi connectivity index (χ1v) is 8.58. The van der Waals surface area contributed by atoms with Gasteiger partial charge in [-0.2, -0.15) is 0 Å². The molecule has 1 nitrogen and oxygen atoms in total. The van der Waals surface area contributed by atoms with Crippen molar-refractivity contribution in [3.63, 3.8) is 0 Å². The zero-order chi connectivity index (χ0) is 10.3. The van der Waals surface area contributed by atoms with E-state index in [9.17, 15) is 0 Å². The van der Waals surface area contributed by atoms with Crippen LogP contribution in [0.4, 0.5) is 0 Å². The summed E-state index contributed by atoms with van der Waals surface area (Å²) in [5.74, 6) is 0. The minimum atomic E-state index is -1.22. The normalized spacial score (nSPS) is 12.3. The summed E-state index contributed by atoms with van der Waals surface area (Å²) in [4.78, 5) is 3.57. The maximum absolute atomic E-state index is 3.57. The molecule has 0 spiro atoms. The molecule has 0 amide bonds. The maximum Gasteiger partial charge on any atom is 0.0985 e. The molecule has 1 N–H and O–H groups in total. The number of aryl methyl sites for hydroxylation is 1. The summed E-state index contributed by atoms with van der Waals surface area (Å²) in [5, 5.41) is 2.86. The van der Waals surface area contributed by atoms with Crippen molar-refractivity contribution < 1.29 is 0 Å². The second-order valence-electron chi connectivity index (χ2n) is 4.92. The van der Waals surface area contributed by atoms with Gasteiger partial charge in [0.15, 0.2) is 0 Å². The lowest BCUT2D eigenvalue weighted by atomic mass is 10.2. The number of aromatic amines is 1. The molecule has 0 saturated carbocycles. The summed E-state index contributed by atoms with van der Waals surface area (Å²) in [6.45, 7) is 9.37. The highest BCUT2D eigenvalue weighted by Gasteiger charge is 2.21. The molecular formula is C12H17NSi. The monoisotopic (exact) mass is 203 g/mol. The first kappa shape index (κ1) is 9.53. The predicted octanol–water partition coefficient (Wildman–Crippen LogP) is 3.02. The van der Waals surface area contributed by atoms with Crippen molar-refractivity contribution in [3.8, 4) is 0 Å². The fourth-order valence-electron chi connectivity index (χ4n) is 2.03. The van der Waals surface area contributed by atoms with Crippen LogP contribution in [0.3, 0.4) is 0 Å². The number of para-hydroxylation sites is 1. The van der Waals surface area contributed by atoms with Gasteiger partial charge in [0.25, 0.3) is 0 Å². The molecule has 1 aromatic carbocycles. The minimum absolute atomic E-state index is 1.22. The third kappa shape index (κ3) is 1.40. The summed E-state index contributed by atoms with van der Waals surface area (Å²) in [5.41, 5.74) is 2.72. The van der Waals surface area contributed by atoms with Crippen molar-refractivity contribution in [1.29, 1.82) is 0 Å². The van der Waals surface area contributed by atoms with E-state index in [0.29, 0.717) is 0 Å². The molecule has 0 bridgehead atoms. The Kier molecular flexibility index (Phi) is 2.03. The SMILES string of the molecule is Cc1c([Si](C)(C)C)[nH]c2ccccc12. The third-order valence-electron chi connectivity index (χ3n) is 2.72. The standard InChI is InChI=1S/C12H17NSi/c1-9-10-7-5-6-8-11(10)13-12(9)14(2,3)4/h5-8,13H,1-4H3. The summed E-state index contributed by atoms with van der Waals surface area (Å²) >= 11 is 0. The lowest BCUT2D eigenvalue weighted by Crippen LogP contribution is -2.40. The fourth-order valence-corrected chi connectivity index (χ4v) is 3.80. The zero-order valence-electron chi connectivity index (χ0n) is 9.31. The molecule has 0 atom stereocenters. The van der Waals surface area contributed by atoms with Crippen LogP contribution in [0, 0.1) is 6.92 Å². The lowest BCUT2D eigenvalue weighted by Gasteiger charge is -2.15. The van der Waals surface area contributed by atoms with E-state index in [0.717, 1.165) is 0 Å². The summed E-state index contributed by atoms with van der Waals surface area (Å²) in [6, 6.07) is 8.56. The van der Waals surface area contributed by atoms with E-state index in [1.807, 2.05) is 0 Å². The molecule has 0 fully saturated rings. The van der Waals surface area contributed by atoms with E-state index in [2.05, 4.69) is 55.8 Å². The Bertz CT molecular complexity index is 463. The van der Waals surface area contributed by atoms with Gasteiger partial charge in [0.2, 0.25) is 0 Å². The number of fused-ring (bicyclic) bond motifs is 1. The van der Waals surface area contributed by atoms with Gasteiger partial charge in [-0.3, -0.25) is 0 Å². The van der Waals surface area contributed by atoms with Crippen molar-refractivity contribution in [2.75, 3.05) is 0 Å². The van der Waals surface area contributed by atoms with Gasteiger partial charge in [0.05, 0.1) is 8.07 Å². The molecule has 0 aliphatic rings. The van der Waals surface area contributed by atoms with Crippen molar-refractivity contribution in [1.82, 2.24) is 4.98 Å². The van der Waals surface area contributed by atoms with E-state index < -0.39 is 8.07 Å². The highest BCUT2D eigenvalue weighted by molar-refractivity contribution is 6.88. The van der Waals surface area contributed by atoms with E-state index >= 15 is 0 Å². The van der Waals surface area contributed by atoms with Gasteiger partial charge < -0.3 is 4.98 Å². The maximum atomic E-state index is 3.57. The van der Waals surface area contributed by atoms with Crippen molar-refractivity contribution in [2.45, 2.75) is 26.6 Å². The molecule has 1 aromatic heterocycles.